The summed E-state index contributed by atoms with van der Waals surface area (Å²) in [5, 5.41) is 12.2. The molecule has 3 aromatic rings. The normalized spacial score (nSPS) is 12.8. The van der Waals surface area contributed by atoms with Crippen molar-refractivity contribution < 1.29 is 9.59 Å². The fourth-order valence-electron chi connectivity index (χ4n) is 2.97. The first kappa shape index (κ1) is 14.6. The number of imide groups is 1. The standard InChI is InChI=1S/C17H9N5O3/c18-7-10-8-2-1-5-20-11(8)3-4-12(10)22-13(23)6-9-14(15(22)19)17(25)21-16(9)24/h1-6H,19H2,(H,21,24,25). The van der Waals surface area contributed by atoms with Crippen molar-refractivity contribution in [1.29, 1.82) is 5.26 Å². The number of carbonyl (C=O) groups is 2. The number of nitriles is 1. The van der Waals surface area contributed by atoms with E-state index in [9.17, 15) is 19.6 Å². The van der Waals surface area contributed by atoms with E-state index in [1.807, 2.05) is 0 Å². The number of hydrogen-bond acceptors (Lipinski definition) is 6. The lowest BCUT2D eigenvalue weighted by molar-refractivity contribution is 0.0880. The van der Waals surface area contributed by atoms with Crippen LogP contribution < -0.4 is 16.6 Å². The molecule has 0 atom stereocenters. The van der Waals surface area contributed by atoms with Crippen LogP contribution in [0, 0.1) is 11.3 Å². The molecule has 0 saturated heterocycles. The summed E-state index contributed by atoms with van der Waals surface area (Å²) in [6.45, 7) is 0. The van der Waals surface area contributed by atoms with Crippen molar-refractivity contribution in [2.45, 2.75) is 0 Å². The molecule has 0 radical (unpaired) electrons. The van der Waals surface area contributed by atoms with Crippen molar-refractivity contribution in [2.24, 2.45) is 0 Å². The van der Waals surface area contributed by atoms with E-state index < -0.39 is 17.4 Å². The van der Waals surface area contributed by atoms with Gasteiger partial charge in [-0.1, -0.05) is 0 Å². The summed E-state index contributed by atoms with van der Waals surface area (Å²) in [5.74, 6) is -1.53. The van der Waals surface area contributed by atoms with Gasteiger partial charge in [-0.15, -0.1) is 0 Å². The molecule has 8 heteroatoms. The molecule has 4 rings (SSSR count). The van der Waals surface area contributed by atoms with Gasteiger partial charge in [0.05, 0.1) is 27.9 Å². The smallest absolute Gasteiger partial charge is 0.262 e. The molecule has 1 aromatic carbocycles. The Morgan fingerprint density at radius 2 is 1.96 bits per heavy atom. The second kappa shape index (κ2) is 5.01. The highest BCUT2D eigenvalue weighted by atomic mass is 16.2. The van der Waals surface area contributed by atoms with Crippen LogP contribution in [0.1, 0.15) is 26.3 Å². The maximum atomic E-state index is 12.5. The number of nitrogens with one attached hydrogen (secondary N) is 1. The average Bonchev–Trinajstić information content (AvgIpc) is 2.88. The summed E-state index contributed by atoms with van der Waals surface area (Å²) in [6, 6.07) is 9.66. The minimum absolute atomic E-state index is 0.0651. The topological polar surface area (TPSA) is 131 Å². The molecule has 2 aromatic heterocycles. The van der Waals surface area contributed by atoms with Crippen molar-refractivity contribution >= 4 is 28.5 Å². The van der Waals surface area contributed by atoms with Gasteiger partial charge >= 0.3 is 0 Å². The summed E-state index contributed by atoms with van der Waals surface area (Å²) < 4.78 is 1.06. The van der Waals surface area contributed by atoms with Gasteiger partial charge in [-0.05, 0) is 24.3 Å². The Morgan fingerprint density at radius 1 is 1.16 bits per heavy atom. The highest BCUT2D eigenvalue weighted by molar-refractivity contribution is 6.23. The number of hydrogen-bond donors (Lipinski definition) is 2. The quantitative estimate of drug-likeness (QED) is 0.632. The zero-order valence-electron chi connectivity index (χ0n) is 12.6. The molecule has 3 N–H and O–H groups in total. The minimum Gasteiger partial charge on any atom is -0.384 e. The third-order valence-electron chi connectivity index (χ3n) is 4.07. The van der Waals surface area contributed by atoms with E-state index >= 15 is 0 Å². The van der Waals surface area contributed by atoms with Crippen LogP contribution in [0.25, 0.3) is 16.6 Å². The number of benzene rings is 1. The van der Waals surface area contributed by atoms with E-state index in [0.717, 1.165) is 10.6 Å². The number of aromatic nitrogens is 2. The number of anilines is 1. The molecular weight excluding hydrogens is 322 g/mol. The predicted molar refractivity (Wildman–Crippen MR) is 88.3 cm³/mol. The summed E-state index contributed by atoms with van der Waals surface area (Å²) in [4.78, 5) is 40.4. The van der Waals surface area contributed by atoms with Gasteiger partial charge in [0.15, 0.2) is 0 Å². The zero-order chi connectivity index (χ0) is 17.7. The molecule has 1 aliphatic heterocycles. The van der Waals surface area contributed by atoms with Crippen LogP contribution in [0.3, 0.4) is 0 Å². The lowest BCUT2D eigenvalue weighted by Crippen LogP contribution is -2.24. The van der Waals surface area contributed by atoms with E-state index in [0.29, 0.717) is 10.9 Å². The van der Waals surface area contributed by atoms with Gasteiger partial charge in [-0.3, -0.25) is 29.3 Å². The first-order chi connectivity index (χ1) is 12.0. The van der Waals surface area contributed by atoms with Crippen LogP contribution in [-0.2, 0) is 0 Å². The summed E-state index contributed by atoms with van der Waals surface area (Å²) in [6.07, 6.45) is 1.59. The van der Waals surface area contributed by atoms with Gasteiger partial charge in [0.25, 0.3) is 17.4 Å². The Bertz CT molecular complexity index is 1200. The number of pyridine rings is 2. The Kier molecular flexibility index (Phi) is 2.92. The van der Waals surface area contributed by atoms with E-state index in [1.165, 1.54) is 6.07 Å². The number of rotatable bonds is 1. The SMILES string of the molecule is N#Cc1c(-n2c(N)c3c(cc2=O)C(=O)NC3=O)ccc2ncccc12. The Labute approximate surface area is 140 Å². The average molecular weight is 331 g/mol. The predicted octanol–water partition coefficient (Wildman–Crippen LogP) is 0.723. The Balaban J connectivity index is 2.11. The highest BCUT2D eigenvalue weighted by Crippen LogP contribution is 2.27. The van der Waals surface area contributed by atoms with Gasteiger partial charge in [-0.25, -0.2) is 0 Å². The molecule has 25 heavy (non-hydrogen) atoms. The van der Waals surface area contributed by atoms with Crippen LogP contribution in [0.4, 0.5) is 5.82 Å². The molecule has 0 unspecified atom stereocenters. The fraction of sp³-hybridized carbons (Fsp3) is 0. The first-order valence-corrected chi connectivity index (χ1v) is 7.22. The lowest BCUT2D eigenvalue weighted by Gasteiger charge is -2.14. The van der Waals surface area contributed by atoms with Crippen molar-refractivity contribution in [3.8, 4) is 11.8 Å². The highest BCUT2D eigenvalue weighted by Gasteiger charge is 2.32. The molecule has 8 nitrogen and oxygen atoms in total. The second-order valence-electron chi connectivity index (χ2n) is 5.42. The summed E-state index contributed by atoms with van der Waals surface area (Å²) in [7, 11) is 0. The largest absolute Gasteiger partial charge is 0.384 e. The molecule has 0 bridgehead atoms. The zero-order valence-corrected chi connectivity index (χ0v) is 12.6. The van der Waals surface area contributed by atoms with Gasteiger partial charge < -0.3 is 5.73 Å². The molecule has 0 aliphatic carbocycles. The van der Waals surface area contributed by atoms with Gasteiger partial charge in [0, 0.05) is 17.6 Å². The van der Waals surface area contributed by atoms with Crippen molar-refractivity contribution in [1.82, 2.24) is 14.9 Å². The van der Waals surface area contributed by atoms with Gasteiger partial charge in [0.1, 0.15) is 11.9 Å². The first-order valence-electron chi connectivity index (χ1n) is 7.22. The van der Waals surface area contributed by atoms with Crippen molar-refractivity contribution in [3.63, 3.8) is 0 Å². The number of carbonyl (C=O) groups excluding carboxylic acids is 2. The monoisotopic (exact) mass is 331 g/mol. The molecule has 120 valence electrons. The third kappa shape index (κ3) is 1.93. The lowest BCUT2D eigenvalue weighted by atomic mass is 10.1. The number of fused-ring (bicyclic) bond motifs is 2. The number of nitrogen functional groups attached to an aromatic ring is 1. The molecule has 3 heterocycles. The van der Waals surface area contributed by atoms with Crippen molar-refractivity contribution in [3.05, 3.63) is 63.6 Å². The molecule has 1 aliphatic rings. The van der Waals surface area contributed by atoms with E-state index in [-0.39, 0.29) is 28.2 Å². The maximum absolute atomic E-state index is 12.5. The number of nitrogens with two attached hydrogens (primary N) is 1. The van der Waals surface area contributed by atoms with Crippen LogP contribution in [-0.4, -0.2) is 21.4 Å². The number of nitrogens with zero attached hydrogens (tertiary/aromatic N) is 3. The Hall–Kier alpha value is -3.99. The molecule has 0 fully saturated rings. The Morgan fingerprint density at radius 3 is 2.72 bits per heavy atom. The molecule has 0 saturated carbocycles. The molecule has 2 amide bonds. The third-order valence-corrected chi connectivity index (χ3v) is 4.07. The minimum atomic E-state index is -0.674. The van der Waals surface area contributed by atoms with Crippen LogP contribution in [0.5, 0.6) is 0 Å². The fourth-order valence-corrected chi connectivity index (χ4v) is 2.97. The number of amides is 2. The van der Waals surface area contributed by atoms with Crippen molar-refractivity contribution in [2.75, 3.05) is 5.73 Å². The maximum Gasteiger partial charge on any atom is 0.262 e. The second-order valence-corrected chi connectivity index (χ2v) is 5.42. The van der Waals surface area contributed by atoms with Gasteiger partial charge in [-0.2, -0.15) is 5.26 Å². The summed E-state index contributed by atoms with van der Waals surface area (Å²) in [5.41, 5.74) is 6.28. The van der Waals surface area contributed by atoms with E-state index in [1.54, 1.807) is 24.4 Å². The summed E-state index contributed by atoms with van der Waals surface area (Å²) >= 11 is 0. The van der Waals surface area contributed by atoms with E-state index in [2.05, 4.69) is 16.4 Å². The van der Waals surface area contributed by atoms with Gasteiger partial charge in [0.2, 0.25) is 0 Å². The van der Waals surface area contributed by atoms with E-state index in [4.69, 9.17) is 5.73 Å². The van der Waals surface area contributed by atoms with Crippen LogP contribution >= 0.6 is 0 Å². The van der Waals surface area contributed by atoms with Crippen LogP contribution in [0.2, 0.25) is 0 Å². The van der Waals surface area contributed by atoms with Crippen LogP contribution in [0.15, 0.2) is 41.3 Å². The molecular formula is C17H9N5O3. The molecule has 0 spiro atoms.